The maximum atomic E-state index is 10.8. The molecule has 3 rings (SSSR count). The van der Waals surface area contributed by atoms with E-state index in [2.05, 4.69) is 21.2 Å². The van der Waals surface area contributed by atoms with Crippen LogP contribution in [0.25, 0.3) is 0 Å². The standard InChI is InChI=1S/C22H20BrCl2NO2/c1-28-18-9-7-17(8-10-18)26-21(15-4-11-19(24)20(25)12-15)13-22(27)14-2-5-16(23)6-3-14/h2-12,21-22,26-27H,13H2,1H3. The van der Waals surface area contributed by atoms with Crippen molar-refractivity contribution < 1.29 is 9.84 Å². The number of halogens is 3. The second-order valence-electron chi connectivity index (χ2n) is 6.40. The molecule has 3 aromatic rings. The molecule has 6 heteroatoms. The minimum absolute atomic E-state index is 0.165. The lowest BCUT2D eigenvalue weighted by Gasteiger charge is -2.24. The Balaban J connectivity index is 1.86. The Morgan fingerprint density at radius 1 is 0.929 bits per heavy atom. The van der Waals surface area contributed by atoms with Crippen LogP contribution in [-0.4, -0.2) is 12.2 Å². The van der Waals surface area contributed by atoms with E-state index in [1.54, 1.807) is 13.2 Å². The number of anilines is 1. The molecule has 3 aromatic carbocycles. The van der Waals surface area contributed by atoms with Crippen LogP contribution in [0.4, 0.5) is 5.69 Å². The molecular formula is C22H20BrCl2NO2. The Labute approximate surface area is 183 Å². The first-order chi connectivity index (χ1) is 13.5. The molecule has 0 radical (unpaired) electrons. The maximum Gasteiger partial charge on any atom is 0.119 e. The highest BCUT2D eigenvalue weighted by Gasteiger charge is 2.19. The quantitative estimate of drug-likeness (QED) is 0.381. The van der Waals surface area contributed by atoms with Crippen LogP contribution >= 0.6 is 39.1 Å². The average molecular weight is 481 g/mol. The Kier molecular flexibility index (Phi) is 7.24. The largest absolute Gasteiger partial charge is 0.497 e. The van der Waals surface area contributed by atoms with Crippen molar-refractivity contribution in [2.75, 3.05) is 12.4 Å². The normalized spacial score (nSPS) is 13.0. The van der Waals surface area contributed by atoms with E-state index in [0.29, 0.717) is 16.5 Å². The van der Waals surface area contributed by atoms with Crippen LogP contribution in [0.2, 0.25) is 10.0 Å². The summed E-state index contributed by atoms with van der Waals surface area (Å²) in [5, 5.41) is 15.3. The van der Waals surface area contributed by atoms with Crippen LogP contribution < -0.4 is 10.1 Å². The molecule has 0 aromatic heterocycles. The molecule has 2 atom stereocenters. The minimum atomic E-state index is -0.640. The summed E-state index contributed by atoms with van der Waals surface area (Å²) in [4.78, 5) is 0. The van der Waals surface area contributed by atoms with E-state index < -0.39 is 6.10 Å². The predicted molar refractivity (Wildman–Crippen MR) is 120 cm³/mol. The van der Waals surface area contributed by atoms with Crippen LogP contribution in [0.3, 0.4) is 0 Å². The second-order valence-corrected chi connectivity index (χ2v) is 8.13. The van der Waals surface area contributed by atoms with Gasteiger partial charge in [0.1, 0.15) is 5.75 Å². The van der Waals surface area contributed by atoms with Crippen LogP contribution in [0.15, 0.2) is 71.2 Å². The van der Waals surface area contributed by atoms with Crippen LogP contribution in [0, 0.1) is 0 Å². The van der Waals surface area contributed by atoms with Gasteiger partial charge in [0.2, 0.25) is 0 Å². The molecular weight excluding hydrogens is 461 g/mol. The van der Waals surface area contributed by atoms with E-state index in [9.17, 15) is 5.11 Å². The molecule has 0 fully saturated rings. The maximum absolute atomic E-state index is 10.8. The summed E-state index contributed by atoms with van der Waals surface area (Å²) in [6, 6.07) is 20.7. The summed E-state index contributed by atoms with van der Waals surface area (Å²) in [6.07, 6.45) is -0.177. The molecule has 2 unspecified atom stereocenters. The molecule has 3 nitrogen and oxygen atoms in total. The fourth-order valence-corrected chi connectivity index (χ4v) is 3.51. The van der Waals surface area contributed by atoms with Gasteiger partial charge < -0.3 is 15.2 Å². The van der Waals surface area contributed by atoms with Gasteiger partial charge in [-0.15, -0.1) is 0 Å². The summed E-state index contributed by atoms with van der Waals surface area (Å²) in [7, 11) is 1.63. The van der Waals surface area contributed by atoms with Crippen LogP contribution in [0.5, 0.6) is 5.75 Å². The monoisotopic (exact) mass is 479 g/mol. The van der Waals surface area contributed by atoms with Crippen molar-refractivity contribution in [3.8, 4) is 5.75 Å². The Morgan fingerprint density at radius 2 is 1.57 bits per heavy atom. The van der Waals surface area contributed by atoms with E-state index in [0.717, 1.165) is 27.0 Å². The van der Waals surface area contributed by atoms with Gasteiger partial charge in [-0.3, -0.25) is 0 Å². The van der Waals surface area contributed by atoms with Gasteiger partial charge in [-0.2, -0.15) is 0 Å². The highest BCUT2D eigenvalue weighted by atomic mass is 79.9. The van der Waals surface area contributed by atoms with E-state index >= 15 is 0 Å². The lowest BCUT2D eigenvalue weighted by molar-refractivity contribution is 0.160. The first kappa shape index (κ1) is 21.0. The van der Waals surface area contributed by atoms with Crippen molar-refractivity contribution in [3.63, 3.8) is 0 Å². The number of benzene rings is 3. The highest BCUT2D eigenvalue weighted by molar-refractivity contribution is 9.10. The number of rotatable bonds is 7. The molecule has 0 bridgehead atoms. The average Bonchev–Trinajstić information content (AvgIpc) is 2.70. The summed E-state index contributed by atoms with van der Waals surface area (Å²) >= 11 is 15.7. The number of hydrogen-bond donors (Lipinski definition) is 2. The molecule has 0 heterocycles. The van der Waals surface area contributed by atoms with E-state index in [1.165, 1.54) is 0 Å². The third-order valence-electron chi connectivity index (χ3n) is 4.49. The summed E-state index contributed by atoms with van der Waals surface area (Å²) in [5.41, 5.74) is 2.71. The third kappa shape index (κ3) is 5.42. The van der Waals surface area contributed by atoms with Crippen molar-refractivity contribution in [3.05, 3.63) is 92.4 Å². The lowest BCUT2D eigenvalue weighted by atomic mass is 9.96. The summed E-state index contributed by atoms with van der Waals surface area (Å²) in [5.74, 6) is 0.784. The number of ether oxygens (including phenoxy) is 1. The smallest absolute Gasteiger partial charge is 0.119 e. The molecule has 0 saturated heterocycles. The summed E-state index contributed by atoms with van der Waals surface area (Å²) < 4.78 is 6.19. The number of hydrogen-bond acceptors (Lipinski definition) is 3. The number of nitrogens with one attached hydrogen (secondary N) is 1. The highest BCUT2D eigenvalue weighted by Crippen LogP contribution is 2.33. The zero-order valence-corrected chi connectivity index (χ0v) is 18.3. The molecule has 28 heavy (non-hydrogen) atoms. The predicted octanol–water partition coefficient (Wildman–Crippen LogP) is 7.04. The van der Waals surface area contributed by atoms with Gasteiger partial charge in [-0.05, 0) is 59.7 Å². The van der Waals surface area contributed by atoms with E-state index in [1.807, 2.05) is 60.7 Å². The molecule has 0 saturated carbocycles. The fraction of sp³-hybridized carbons (Fsp3) is 0.182. The Bertz CT molecular complexity index is 917. The zero-order chi connectivity index (χ0) is 20.1. The zero-order valence-electron chi connectivity index (χ0n) is 15.2. The van der Waals surface area contributed by atoms with Gasteiger partial charge in [0.05, 0.1) is 29.3 Å². The molecule has 146 valence electrons. The van der Waals surface area contributed by atoms with E-state index in [4.69, 9.17) is 27.9 Å². The number of aliphatic hydroxyl groups is 1. The van der Waals surface area contributed by atoms with Gasteiger partial charge in [0, 0.05) is 16.6 Å². The topological polar surface area (TPSA) is 41.5 Å². The molecule has 0 aliphatic rings. The van der Waals surface area contributed by atoms with Gasteiger partial charge in [-0.25, -0.2) is 0 Å². The first-order valence-corrected chi connectivity index (χ1v) is 10.3. The molecule has 2 N–H and O–H groups in total. The second kappa shape index (κ2) is 9.66. The number of methoxy groups -OCH3 is 1. The van der Waals surface area contributed by atoms with Crippen LogP contribution in [-0.2, 0) is 0 Å². The van der Waals surface area contributed by atoms with Gasteiger partial charge >= 0.3 is 0 Å². The molecule has 0 aliphatic carbocycles. The molecule has 0 amide bonds. The summed E-state index contributed by atoms with van der Waals surface area (Å²) in [6.45, 7) is 0. The fourth-order valence-electron chi connectivity index (χ4n) is 2.94. The van der Waals surface area contributed by atoms with Crippen molar-refractivity contribution in [2.24, 2.45) is 0 Å². The number of aliphatic hydroxyl groups excluding tert-OH is 1. The van der Waals surface area contributed by atoms with Crippen molar-refractivity contribution in [1.82, 2.24) is 0 Å². The first-order valence-electron chi connectivity index (χ1n) is 8.75. The van der Waals surface area contributed by atoms with Gasteiger partial charge in [0.15, 0.2) is 0 Å². The Morgan fingerprint density at radius 3 is 2.18 bits per heavy atom. The molecule has 0 aliphatic heterocycles. The van der Waals surface area contributed by atoms with Gasteiger partial charge in [-0.1, -0.05) is 57.3 Å². The van der Waals surface area contributed by atoms with Crippen molar-refractivity contribution in [1.29, 1.82) is 0 Å². The minimum Gasteiger partial charge on any atom is -0.497 e. The van der Waals surface area contributed by atoms with Crippen molar-refractivity contribution in [2.45, 2.75) is 18.6 Å². The third-order valence-corrected chi connectivity index (χ3v) is 5.76. The SMILES string of the molecule is COc1ccc(NC(CC(O)c2ccc(Br)cc2)c2ccc(Cl)c(Cl)c2)cc1. The lowest BCUT2D eigenvalue weighted by Crippen LogP contribution is -2.15. The van der Waals surface area contributed by atoms with Crippen LogP contribution in [0.1, 0.15) is 29.7 Å². The van der Waals surface area contributed by atoms with Gasteiger partial charge in [0.25, 0.3) is 0 Å². The molecule has 0 spiro atoms. The van der Waals surface area contributed by atoms with E-state index in [-0.39, 0.29) is 6.04 Å². The Hall–Kier alpha value is -1.72. The van der Waals surface area contributed by atoms with Crippen molar-refractivity contribution >= 4 is 44.8 Å².